The first-order valence-electron chi connectivity index (χ1n) is 27.1. The number of nitrogens with zero attached hydrogens (tertiary/aromatic N) is 9. The van der Waals surface area contributed by atoms with E-state index >= 15 is 0 Å². The number of piperazine rings is 1. The van der Waals surface area contributed by atoms with E-state index in [0.29, 0.717) is 96.6 Å². The zero-order valence-corrected chi connectivity index (χ0v) is 46.3. The normalized spacial score (nSPS) is 15.1. The molecule has 3 N–H and O–H groups in total. The average Bonchev–Trinajstić information content (AvgIpc) is 3.82. The Kier molecular flexibility index (Phi) is 19.8. The van der Waals surface area contributed by atoms with Crippen molar-refractivity contribution in [1.82, 2.24) is 45.8 Å². The van der Waals surface area contributed by atoms with E-state index in [1.54, 1.807) is 78.1 Å². The van der Waals surface area contributed by atoms with Gasteiger partial charge >= 0.3 is 5.97 Å². The molecule has 1 fully saturated rings. The Morgan fingerprint density at radius 2 is 1.59 bits per heavy atom. The Balaban J connectivity index is 0.740. The summed E-state index contributed by atoms with van der Waals surface area (Å²) >= 11 is 0. The van der Waals surface area contributed by atoms with Gasteiger partial charge in [0.25, 0.3) is 11.8 Å². The summed E-state index contributed by atoms with van der Waals surface area (Å²) in [5.41, 5.74) is 2.59. The van der Waals surface area contributed by atoms with Crippen molar-refractivity contribution in [3.63, 3.8) is 0 Å². The number of benzene rings is 1. The second-order valence-electron chi connectivity index (χ2n) is 21.7. The van der Waals surface area contributed by atoms with E-state index in [1.165, 1.54) is 13.3 Å². The molecule has 6 heterocycles. The number of unbranched alkanes of at least 4 members (excludes halogenated alkanes) is 6. The number of carbonyl (C=O) groups is 6. The van der Waals surface area contributed by atoms with Crippen molar-refractivity contribution in [3.8, 4) is 29.0 Å². The SMILES string of the molecule is COC(=O)[C@H](CCC(C)(C)C)NC(=O)c1ccc(Oc2cccc(C(=O)NCCCCCCCCCC(=O)NCC(=O)N3CCN(c4ncc(-c5ccc6c(n5)N(Cc5cccnc5C#N)C(C)(C)C6=O)cn4)C[C@H]3C)c2)nc1. The largest absolute Gasteiger partial charge is 0.467 e. The lowest BCUT2D eigenvalue weighted by Gasteiger charge is -2.39. The van der Waals surface area contributed by atoms with Gasteiger partial charge in [-0.1, -0.05) is 65.0 Å². The summed E-state index contributed by atoms with van der Waals surface area (Å²) < 4.78 is 10.8. The van der Waals surface area contributed by atoms with Gasteiger partial charge in [0.15, 0.2) is 5.78 Å². The van der Waals surface area contributed by atoms with Gasteiger partial charge in [-0.2, -0.15) is 5.26 Å². The first kappa shape index (κ1) is 58.3. The van der Waals surface area contributed by atoms with Gasteiger partial charge < -0.3 is 40.1 Å². The second kappa shape index (κ2) is 26.8. The highest BCUT2D eigenvalue weighted by atomic mass is 16.5. The Hall–Kier alpha value is -8.34. The van der Waals surface area contributed by atoms with Gasteiger partial charge in [0.1, 0.15) is 29.4 Å². The van der Waals surface area contributed by atoms with Crippen molar-refractivity contribution < 1.29 is 38.2 Å². The fourth-order valence-electron chi connectivity index (χ4n) is 9.51. The third-order valence-electron chi connectivity index (χ3n) is 14.2. The number of aromatic nitrogens is 5. The van der Waals surface area contributed by atoms with Crippen LogP contribution in [0, 0.1) is 16.7 Å². The van der Waals surface area contributed by atoms with Crippen LogP contribution in [-0.4, -0.2) is 123 Å². The Morgan fingerprint density at radius 1 is 0.848 bits per heavy atom. The molecule has 2 aliphatic heterocycles. The molecule has 0 bridgehead atoms. The van der Waals surface area contributed by atoms with E-state index in [2.05, 4.69) is 62.7 Å². The lowest BCUT2D eigenvalue weighted by Crippen LogP contribution is -2.56. The van der Waals surface area contributed by atoms with Crippen molar-refractivity contribution in [2.24, 2.45) is 5.41 Å². The molecular weight excluding hydrogens is 1000 g/mol. The molecule has 0 aliphatic carbocycles. The van der Waals surface area contributed by atoms with Crippen LogP contribution >= 0.6 is 0 Å². The van der Waals surface area contributed by atoms with E-state index in [9.17, 15) is 34.0 Å². The molecule has 20 nitrogen and oxygen atoms in total. The van der Waals surface area contributed by atoms with Crippen molar-refractivity contribution in [1.29, 1.82) is 5.26 Å². The summed E-state index contributed by atoms with van der Waals surface area (Å²) in [6.07, 6.45) is 14.3. The number of anilines is 2. The van der Waals surface area contributed by atoms with E-state index < -0.39 is 23.5 Å². The summed E-state index contributed by atoms with van der Waals surface area (Å²) in [7, 11) is 1.29. The molecule has 0 spiro atoms. The zero-order valence-electron chi connectivity index (χ0n) is 46.3. The number of nitrogens with one attached hydrogen (secondary N) is 3. The quantitative estimate of drug-likeness (QED) is 0.0394. The topological polar surface area (TPSA) is 255 Å². The first-order chi connectivity index (χ1) is 37.8. The molecule has 0 unspecified atom stereocenters. The highest BCUT2D eigenvalue weighted by molar-refractivity contribution is 6.13. The van der Waals surface area contributed by atoms with Crippen molar-refractivity contribution in [2.45, 2.75) is 130 Å². The van der Waals surface area contributed by atoms with Crippen LogP contribution < -0.4 is 30.5 Å². The van der Waals surface area contributed by atoms with Crippen LogP contribution in [0.4, 0.5) is 11.8 Å². The lowest BCUT2D eigenvalue weighted by atomic mass is 9.88. The fourth-order valence-corrected chi connectivity index (χ4v) is 9.51. The highest BCUT2D eigenvalue weighted by Crippen LogP contribution is 2.40. The van der Waals surface area contributed by atoms with Gasteiger partial charge in [0.05, 0.1) is 36.0 Å². The number of amides is 4. The molecule has 4 amide bonds. The molecular formula is C59H72N12O8. The molecule has 20 heteroatoms. The summed E-state index contributed by atoms with van der Waals surface area (Å²) in [5, 5.41) is 18.2. The van der Waals surface area contributed by atoms with Crippen molar-refractivity contribution in [3.05, 3.63) is 113 Å². The van der Waals surface area contributed by atoms with Crippen LogP contribution in [0.15, 0.2) is 85.5 Å². The summed E-state index contributed by atoms with van der Waals surface area (Å²) in [5.74, 6) is 0.185. The van der Waals surface area contributed by atoms with E-state index in [4.69, 9.17) is 14.5 Å². The third kappa shape index (κ3) is 15.7. The van der Waals surface area contributed by atoms with Crippen LogP contribution in [-0.2, 0) is 25.7 Å². The smallest absolute Gasteiger partial charge is 0.328 e. The predicted octanol–water partition coefficient (Wildman–Crippen LogP) is 7.78. The summed E-state index contributed by atoms with van der Waals surface area (Å²) in [6.45, 7) is 14.1. The molecule has 0 radical (unpaired) electrons. The first-order valence-corrected chi connectivity index (χ1v) is 27.1. The number of methoxy groups -OCH3 is 1. The number of nitriles is 1. The summed E-state index contributed by atoms with van der Waals surface area (Å²) in [4.78, 5) is 106. The van der Waals surface area contributed by atoms with Crippen LogP contribution in [0.1, 0.15) is 148 Å². The number of ketones is 1. The number of Topliss-reactive ketones (excluding diaryl/α,β-unsaturated/α-hetero) is 1. The number of carbonyl (C=O) groups excluding carboxylic acids is 6. The van der Waals surface area contributed by atoms with Crippen LogP contribution in [0.3, 0.4) is 0 Å². The molecule has 2 atom stereocenters. The summed E-state index contributed by atoms with van der Waals surface area (Å²) in [6, 6.07) is 18.3. The van der Waals surface area contributed by atoms with Gasteiger partial charge in [-0.3, -0.25) is 24.0 Å². The maximum atomic E-state index is 13.5. The van der Waals surface area contributed by atoms with Gasteiger partial charge in [-0.05, 0) is 94.3 Å². The highest BCUT2D eigenvalue weighted by Gasteiger charge is 2.45. The second-order valence-corrected chi connectivity index (χ2v) is 21.7. The molecule has 4 aromatic heterocycles. The zero-order chi connectivity index (χ0) is 56.7. The number of hydrogen-bond acceptors (Lipinski definition) is 16. The van der Waals surface area contributed by atoms with Gasteiger partial charge in [0, 0.05) is 92.7 Å². The molecule has 79 heavy (non-hydrogen) atoms. The van der Waals surface area contributed by atoms with Crippen molar-refractivity contribution >= 4 is 47.1 Å². The maximum Gasteiger partial charge on any atom is 0.328 e. The number of esters is 1. The van der Waals surface area contributed by atoms with Gasteiger partial charge in [0.2, 0.25) is 23.6 Å². The molecule has 416 valence electrons. The number of rotatable bonds is 24. The van der Waals surface area contributed by atoms with Gasteiger partial charge in [-0.25, -0.2) is 29.7 Å². The van der Waals surface area contributed by atoms with E-state index in [1.807, 2.05) is 36.6 Å². The van der Waals surface area contributed by atoms with Crippen molar-refractivity contribution in [2.75, 3.05) is 49.6 Å². The van der Waals surface area contributed by atoms with Gasteiger partial charge in [-0.15, -0.1) is 0 Å². The predicted molar refractivity (Wildman–Crippen MR) is 297 cm³/mol. The molecule has 5 aromatic rings. The number of pyridine rings is 3. The van der Waals surface area contributed by atoms with Crippen LogP contribution in [0.2, 0.25) is 0 Å². The Labute approximate surface area is 462 Å². The number of fused-ring (bicyclic) bond motifs is 1. The van der Waals surface area contributed by atoms with Crippen LogP contribution in [0.25, 0.3) is 11.3 Å². The fraction of sp³-hybridized carbons (Fsp3) is 0.458. The lowest BCUT2D eigenvalue weighted by molar-refractivity contribution is -0.143. The monoisotopic (exact) mass is 1080 g/mol. The molecule has 2 aliphatic rings. The Bertz CT molecular complexity index is 3010. The van der Waals surface area contributed by atoms with E-state index in [0.717, 1.165) is 44.9 Å². The molecule has 1 aromatic carbocycles. The maximum absolute atomic E-state index is 13.5. The Morgan fingerprint density at radius 3 is 2.29 bits per heavy atom. The minimum Gasteiger partial charge on any atom is -0.467 e. The number of hydrogen-bond donors (Lipinski definition) is 3. The average molecular weight is 1080 g/mol. The third-order valence-corrected chi connectivity index (χ3v) is 14.2. The molecule has 7 rings (SSSR count). The van der Waals surface area contributed by atoms with E-state index in [-0.39, 0.29) is 59.5 Å². The molecule has 1 saturated heterocycles. The van der Waals surface area contributed by atoms with Crippen LogP contribution in [0.5, 0.6) is 11.6 Å². The molecule has 0 saturated carbocycles. The number of ether oxygens (including phenoxy) is 2. The minimum absolute atomic E-state index is 0.0204. The standard InChI is InChI=1S/C59H72N12O8/c1-39-37-69(57-65-34-43(35-66-57)46-23-22-45-52(74)59(5,6)71(53(45)67-46)38-42-18-16-28-61-48(42)32-60)29-30-70(39)51(73)36-63-49(72)20-13-11-9-8-10-12-14-27-62-54(75)40-17-15-19-44(31-40)79-50-24-21-41(33-64-50)55(76)68-47(56(77)78-7)25-26-58(2,3)4/h15-19,21-24,28,31,33-35,39,47H,8-14,20,25-27,29-30,36-38H2,1-7H3,(H,62,75)(H,63,72)(H,68,76)/t39-,47+/m1/s1. The minimum atomic E-state index is -0.882.